The molecule has 0 aliphatic carbocycles. The lowest BCUT2D eigenvalue weighted by atomic mass is 9.85. The average molecular weight is 353 g/mol. The number of nitrogens with zero attached hydrogens (tertiary/aromatic N) is 5. The van der Waals surface area contributed by atoms with Crippen molar-refractivity contribution in [3.8, 4) is 10.6 Å². The number of hydrogen-bond donors (Lipinski definition) is 0. The number of thiophene rings is 1. The number of rotatable bonds is 2. The van der Waals surface area contributed by atoms with Gasteiger partial charge in [0.25, 0.3) is 5.91 Å². The van der Waals surface area contributed by atoms with E-state index in [9.17, 15) is 4.79 Å². The van der Waals surface area contributed by atoms with Crippen molar-refractivity contribution >= 4 is 17.2 Å². The Balaban J connectivity index is 1.44. The number of imidazole rings is 1. The zero-order chi connectivity index (χ0) is 17.0. The van der Waals surface area contributed by atoms with E-state index in [1.165, 1.54) is 10.6 Å². The van der Waals surface area contributed by atoms with E-state index in [4.69, 9.17) is 4.98 Å². The van der Waals surface area contributed by atoms with Crippen molar-refractivity contribution in [1.29, 1.82) is 0 Å². The van der Waals surface area contributed by atoms with Crippen LogP contribution >= 0.6 is 11.3 Å². The summed E-state index contributed by atoms with van der Waals surface area (Å²) < 4.78 is 4.00. The second-order valence-electron chi connectivity index (χ2n) is 6.94. The molecule has 1 atom stereocenters. The van der Waals surface area contributed by atoms with E-state index in [0.717, 1.165) is 38.3 Å². The highest BCUT2D eigenvalue weighted by Gasteiger charge is 2.48. The highest BCUT2D eigenvalue weighted by atomic mass is 32.1. The summed E-state index contributed by atoms with van der Waals surface area (Å²) in [5, 5.41) is 6.22. The minimum atomic E-state index is 0.00373. The molecule has 1 fully saturated rings. The van der Waals surface area contributed by atoms with E-state index >= 15 is 0 Å². The van der Waals surface area contributed by atoms with Gasteiger partial charge in [-0.1, -0.05) is 6.07 Å². The molecule has 0 N–H and O–H groups in total. The molecular formula is C18H19N5OS. The third-order valence-electron chi connectivity index (χ3n) is 5.60. The smallest absolute Gasteiger partial charge is 0.272 e. The maximum Gasteiger partial charge on any atom is 0.272 e. The van der Waals surface area contributed by atoms with E-state index in [2.05, 4.69) is 27.2 Å². The van der Waals surface area contributed by atoms with Gasteiger partial charge in [-0.05, 0) is 30.4 Å². The third kappa shape index (κ3) is 2.12. The normalized spacial score (nSPS) is 22.0. The topological polar surface area (TPSA) is 56.0 Å². The summed E-state index contributed by atoms with van der Waals surface area (Å²) in [6.45, 7) is 2.51. The standard InChI is InChI=1S/C18H19N5OS/c1-21-13(4-7-20-21)16(24)22-8-5-18(12-22)6-9-23-14(11-19-17(18)23)15-3-2-10-25-15/h2-4,7,10-11H,5-6,8-9,12H2,1H3/t18-/m1/s1. The molecule has 128 valence electrons. The van der Waals surface area contributed by atoms with Gasteiger partial charge in [-0.3, -0.25) is 9.48 Å². The van der Waals surface area contributed by atoms with Crippen molar-refractivity contribution in [2.24, 2.45) is 7.05 Å². The summed E-state index contributed by atoms with van der Waals surface area (Å²) in [5.74, 6) is 1.22. The first-order valence-electron chi connectivity index (χ1n) is 8.55. The molecule has 0 bridgehead atoms. The Kier molecular flexibility index (Phi) is 3.15. The van der Waals surface area contributed by atoms with Gasteiger partial charge in [0.15, 0.2) is 0 Å². The Morgan fingerprint density at radius 1 is 1.28 bits per heavy atom. The Morgan fingerprint density at radius 3 is 2.92 bits per heavy atom. The molecule has 2 aliphatic rings. The van der Waals surface area contributed by atoms with Crippen LogP contribution in [0.25, 0.3) is 10.6 Å². The van der Waals surface area contributed by atoms with Crippen LogP contribution in [0.4, 0.5) is 0 Å². The number of amides is 1. The molecule has 1 spiro atoms. The van der Waals surface area contributed by atoms with Crippen molar-refractivity contribution in [2.75, 3.05) is 13.1 Å². The number of aromatic nitrogens is 4. The van der Waals surface area contributed by atoms with Crippen LogP contribution in [-0.2, 0) is 19.0 Å². The maximum atomic E-state index is 12.8. The van der Waals surface area contributed by atoms with Crippen LogP contribution in [0.2, 0.25) is 0 Å². The lowest BCUT2D eigenvalue weighted by molar-refractivity contribution is 0.0772. The molecule has 5 heterocycles. The zero-order valence-corrected chi connectivity index (χ0v) is 14.9. The lowest BCUT2D eigenvalue weighted by Gasteiger charge is -2.22. The third-order valence-corrected chi connectivity index (χ3v) is 6.49. The highest BCUT2D eigenvalue weighted by molar-refractivity contribution is 7.13. The fraction of sp³-hybridized carbons (Fsp3) is 0.389. The molecule has 3 aromatic rings. The van der Waals surface area contributed by atoms with Crippen molar-refractivity contribution in [3.05, 3.63) is 47.5 Å². The number of hydrogen-bond acceptors (Lipinski definition) is 4. The molecule has 3 aromatic heterocycles. The summed E-state index contributed by atoms with van der Waals surface area (Å²) in [6.07, 6.45) is 5.71. The number of carbonyl (C=O) groups is 1. The number of fused-ring (bicyclic) bond motifs is 2. The van der Waals surface area contributed by atoms with Gasteiger partial charge in [0.1, 0.15) is 11.5 Å². The molecule has 1 amide bonds. The lowest BCUT2D eigenvalue weighted by Crippen LogP contribution is -2.34. The second kappa shape index (κ2) is 5.29. The summed E-state index contributed by atoms with van der Waals surface area (Å²) >= 11 is 1.75. The van der Waals surface area contributed by atoms with E-state index in [1.807, 2.05) is 18.1 Å². The highest BCUT2D eigenvalue weighted by Crippen LogP contribution is 2.44. The second-order valence-corrected chi connectivity index (χ2v) is 7.89. The molecule has 2 aliphatic heterocycles. The van der Waals surface area contributed by atoms with E-state index < -0.39 is 0 Å². The molecular weight excluding hydrogens is 334 g/mol. The predicted molar refractivity (Wildman–Crippen MR) is 95.6 cm³/mol. The molecule has 1 saturated heterocycles. The fourth-order valence-corrected chi connectivity index (χ4v) is 5.01. The van der Waals surface area contributed by atoms with Gasteiger partial charge in [-0.25, -0.2) is 4.98 Å². The van der Waals surface area contributed by atoms with Gasteiger partial charge in [0.05, 0.1) is 16.8 Å². The fourth-order valence-electron chi connectivity index (χ4n) is 4.26. The first kappa shape index (κ1) is 14.9. The molecule has 7 heteroatoms. The summed E-state index contributed by atoms with van der Waals surface area (Å²) in [5.41, 5.74) is 1.86. The van der Waals surface area contributed by atoms with Gasteiger partial charge in [0.2, 0.25) is 0 Å². The van der Waals surface area contributed by atoms with Gasteiger partial charge >= 0.3 is 0 Å². The molecule has 0 radical (unpaired) electrons. The molecule has 0 saturated carbocycles. The number of carbonyl (C=O) groups excluding carboxylic acids is 1. The summed E-state index contributed by atoms with van der Waals surface area (Å²) in [4.78, 5) is 20.8. The van der Waals surface area contributed by atoms with Crippen molar-refractivity contribution in [2.45, 2.75) is 24.8 Å². The average Bonchev–Trinajstić information content (AvgIpc) is 3.38. The van der Waals surface area contributed by atoms with Crippen molar-refractivity contribution in [1.82, 2.24) is 24.2 Å². The Morgan fingerprint density at radius 2 is 2.16 bits per heavy atom. The summed E-state index contributed by atoms with van der Waals surface area (Å²) in [6, 6.07) is 6.01. The molecule has 6 nitrogen and oxygen atoms in total. The Labute approximate surface area is 149 Å². The van der Waals surface area contributed by atoms with Crippen LogP contribution in [0.3, 0.4) is 0 Å². The van der Waals surface area contributed by atoms with Crippen molar-refractivity contribution in [3.63, 3.8) is 0 Å². The molecule has 0 aromatic carbocycles. The molecule has 5 rings (SSSR count). The number of likely N-dealkylation sites (tertiary alicyclic amines) is 1. The monoisotopic (exact) mass is 353 g/mol. The van der Waals surface area contributed by atoms with Crippen LogP contribution in [0.1, 0.15) is 29.2 Å². The van der Waals surface area contributed by atoms with Crippen LogP contribution in [0.15, 0.2) is 36.0 Å². The van der Waals surface area contributed by atoms with Gasteiger partial charge in [0, 0.05) is 38.3 Å². The van der Waals surface area contributed by atoms with E-state index in [0.29, 0.717) is 5.69 Å². The van der Waals surface area contributed by atoms with Gasteiger partial charge < -0.3 is 9.47 Å². The Hall–Kier alpha value is -2.41. The van der Waals surface area contributed by atoms with Crippen LogP contribution in [0.5, 0.6) is 0 Å². The largest absolute Gasteiger partial charge is 0.336 e. The quantitative estimate of drug-likeness (QED) is 0.711. The van der Waals surface area contributed by atoms with Crippen molar-refractivity contribution < 1.29 is 4.79 Å². The van der Waals surface area contributed by atoms with Crippen LogP contribution in [0, 0.1) is 0 Å². The maximum absolute atomic E-state index is 12.8. The first-order chi connectivity index (χ1) is 12.2. The van der Waals surface area contributed by atoms with Gasteiger partial charge in [-0.2, -0.15) is 5.10 Å². The molecule has 0 unspecified atom stereocenters. The SMILES string of the molecule is Cn1nccc1C(=O)N1CC[C@@]2(CCn3c(-c4cccs4)cnc32)C1. The van der Waals surface area contributed by atoms with Crippen LogP contribution < -0.4 is 0 Å². The minimum Gasteiger partial charge on any atom is -0.336 e. The van der Waals surface area contributed by atoms with E-state index in [-0.39, 0.29) is 11.3 Å². The Bertz CT molecular complexity index is 941. The number of aryl methyl sites for hydroxylation is 1. The van der Waals surface area contributed by atoms with Gasteiger partial charge in [-0.15, -0.1) is 11.3 Å². The molecule has 25 heavy (non-hydrogen) atoms. The van der Waals surface area contributed by atoms with Crippen LogP contribution in [-0.4, -0.2) is 43.2 Å². The minimum absolute atomic E-state index is 0.00373. The first-order valence-corrected chi connectivity index (χ1v) is 9.43. The predicted octanol–water partition coefficient (Wildman–Crippen LogP) is 2.53. The van der Waals surface area contributed by atoms with E-state index in [1.54, 1.807) is 28.3 Å². The zero-order valence-electron chi connectivity index (χ0n) is 14.1. The summed E-state index contributed by atoms with van der Waals surface area (Å²) in [7, 11) is 1.81.